The van der Waals surface area contributed by atoms with Gasteiger partial charge in [0, 0.05) is 30.7 Å². The van der Waals surface area contributed by atoms with Gasteiger partial charge < -0.3 is 29.7 Å². The molecule has 3 N–H and O–H groups in total. The molecule has 6 heteroatoms. The molecule has 5 aliphatic rings. The van der Waals surface area contributed by atoms with Crippen molar-refractivity contribution in [2.24, 2.45) is 17.3 Å². The first-order chi connectivity index (χ1) is 16.8. The molecule has 0 bridgehead atoms. The molecule has 3 saturated carbocycles. The molecule has 4 fully saturated rings. The van der Waals surface area contributed by atoms with Crippen LogP contribution >= 0.6 is 0 Å². The monoisotopic (exact) mass is 483 g/mol. The Labute approximate surface area is 209 Å². The quantitative estimate of drug-likeness (QED) is 0.564. The summed E-state index contributed by atoms with van der Waals surface area (Å²) >= 11 is 0. The normalized spacial score (nSPS) is 42.0. The van der Waals surface area contributed by atoms with Crippen LogP contribution in [0.5, 0.6) is 5.75 Å². The summed E-state index contributed by atoms with van der Waals surface area (Å²) in [5.74, 6) is 1.23. The highest BCUT2D eigenvalue weighted by Gasteiger charge is 2.64. The topological polar surface area (TPSA) is 80.2 Å². The second-order valence-corrected chi connectivity index (χ2v) is 12.0. The van der Waals surface area contributed by atoms with Crippen molar-refractivity contribution >= 4 is 0 Å². The molecule has 35 heavy (non-hydrogen) atoms. The van der Waals surface area contributed by atoms with Crippen LogP contribution in [-0.2, 0) is 9.47 Å². The van der Waals surface area contributed by atoms with Gasteiger partial charge in [-0.15, -0.1) is 0 Å². The molecule has 0 amide bonds. The van der Waals surface area contributed by atoms with Crippen LogP contribution < -0.4 is 10.1 Å². The molecule has 1 aliphatic heterocycles. The second kappa shape index (κ2) is 8.29. The molecule has 0 radical (unpaired) electrons. The van der Waals surface area contributed by atoms with Crippen molar-refractivity contribution in [1.29, 1.82) is 0 Å². The minimum absolute atomic E-state index is 0.176. The van der Waals surface area contributed by atoms with Gasteiger partial charge in [-0.05, 0) is 80.7 Å². The number of allylic oxidation sites excluding steroid dienone is 1. The molecule has 1 spiro atoms. The van der Waals surface area contributed by atoms with Crippen molar-refractivity contribution in [2.75, 3.05) is 33.9 Å². The fourth-order valence-corrected chi connectivity index (χ4v) is 8.83. The van der Waals surface area contributed by atoms with Crippen LogP contribution in [0.2, 0.25) is 0 Å². The average molecular weight is 484 g/mol. The summed E-state index contributed by atoms with van der Waals surface area (Å²) in [5, 5.41) is 27.3. The number of hydrogen-bond donors (Lipinski definition) is 3. The van der Waals surface area contributed by atoms with Gasteiger partial charge in [-0.1, -0.05) is 24.6 Å². The fraction of sp³-hybridized carbons (Fsp3) is 0.724. The van der Waals surface area contributed by atoms with Crippen molar-refractivity contribution in [3.8, 4) is 5.75 Å². The predicted molar refractivity (Wildman–Crippen MR) is 133 cm³/mol. The second-order valence-electron chi connectivity index (χ2n) is 12.0. The summed E-state index contributed by atoms with van der Waals surface area (Å²) in [7, 11) is 3.64. The Kier molecular flexibility index (Phi) is 5.67. The van der Waals surface area contributed by atoms with Crippen molar-refractivity contribution in [2.45, 2.75) is 81.2 Å². The molecule has 1 saturated heterocycles. The molecular formula is C29H41NO5. The number of aliphatic hydroxyl groups is 2. The van der Waals surface area contributed by atoms with E-state index in [1.807, 2.05) is 19.2 Å². The van der Waals surface area contributed by atoms with Gasteiger partial charge in [0.2, 0.25) is 0 Å². The zero-order chi connectivity index (χ0) is 24.5. The largest absolute Gasteiger partial charge is 0.497 e. The first-order valence-corrected chi connectivity index (χ1v) is 13.5. The molecule has 0 unspecified atom stereocenters. The van der Waals surface area contributed by atoms with E-state index in [0.29, 0.717) is 38.0 Å². The third-order valence-electron chi connectivity index (χ3n) is 10.5. The number of fused-ring (bicyclic) bond motifs is 4. The van der Waals surface area contributed by atoms with E-state index < -0.39 is 17.0 Å². The Morgan fingerprint density at radius 1 is 1.06 bits per heavy atom. The minimum atomic E-state index is -0.868. The molecular weight excluding hydrogens is 442 g/mol. The zero-order valence-electron chi connectivity index (χ0n) is 21.4. The van der Waals surface area contributed by atoms with E-state index in [4.69, 9.17) is 14.2 Å². The highest BCUT2D eigenvalue weighted by Crippen LogP contribution is 2.67. The lowest BCUT2D eigenvalue weighted by Gasteiger charge is -2.57. The van der Waals surface area contributed by atoms with E-state index in [1.54, 1.807) is 7.11 Å². The maximum Gasteiger partial charge on any atom is 0.171 e. The summed E-state index contributed by atoms with van der Waals surface area (Å²) < 4.78 is 17.5. The highest BCUT2D eigenvalue weighted by molar-refractivity contribution is 5.45. The van der Waals surface area contributed by atoms with Crippen LogP contribution in [0.3, 0.4) is 0 Å². The van der Waals surface area contributed by atoms with Gasteiger partial charge in [0.25, 0.3) is 0 Å². The van der Waals surface area contributed by atoms with Gasteiger partial charge in [0.15, 0.2) is 5.79 Å². The van der Waals surface area contributed by atoms with E-state index in [1.165, 1.54) is 16.7 Å². The number of likely N-dealkylation sites (N-methyl/N-ethyl adjacent to an activating group) is 1. The molecule has 6 rings (SSSR count). The van der Waals surface area contributed by atoms with Crippen LogP contribution in [-0.4, -0.2) is 61.1 Å². The molecule has 4 aliphatic carbocycles. The number of nitrogens with one attached hydrogen (secondary N) is 1. The van der Waals surface area contributed by atoms with E-state index in [9.17, 15) is 10.2 Å². The Balaban J connectivity index is 1.47. The molecule has 1 aromatic carbocycles. The van der Waals surface area contributed by atoms with E-state index in [-0.39, 0.29) is 11.3 Å². The lowest BCUT2D eigenvalue weighted by atomic mass is 9.49. The van der Waals surface area contributed by atoms with Gasteiger partial charge in [-0.2, -0.15) is 0 Å². The van der Waals surface area contributed by atoms with Crippen LogP contribution in [0.1, 0.15) is 69.8 Å². The summed E-state index contributed by atoms with van der Waals surface area (Å²) in [4.78, 5) is 0. The van der Waals surface area contributed by atoms with Crippen molar-refractivity contribution in [3.05, 3.63) is 41.0 Å². The SMILES string of the molecule is CNC[C@]1(O)CC[C@H]2[C@@H]3CC[C@@]4(O)CC5(CCC4=C3[C@@H](c3ccc(OC)cc3)C[C@@]21C)OCCO5. The third-order valence-corrected chi connectivity index (χ3v) is 10.5. The average Bonchev–Trinajstić information content (AvgIpc) is 3.40. The Bertz CT molecular complexity index is 1000. The van der Waals surface area contributed by atoms with Crippen molar-refractivity contribution in [3.63, 3.8) is 0 Å². The molecule has 6 nitrogen and oxygen atoms in total. The van der Waals surface area contributed by atoms with Gasteiger partial charge in [0.05, 0.1) is 31.5 Å². The van der Waals surface area contributed by atoms with Crippen LogP contribution in [0.15, 0.2) is 35.4 Å². The minimum Gasteiger partial charge on any atom is -0.497 e. The van der Waals surface area contributed by atoms with E-state index in [2.05, 4.69) is 24.4 Å². The van der Waals surface area contributed by atoms with Crippen LogP contribution in [0, 0.1) is 17.3 Å². The molecule has 0 aromatic heterocycles. The Hall–Kier alpha value is -1.44. The number of hydrogen-bond acceptors (Lipinski definition) is 6. The van der Waals surface area contributed by atoms with Crippen molar-refractivity contribution in [1.82, 2.24) is 5.32 Å². The molecule has 192 valence electrons. The van der Waals surface area contributed by atoms with E-state index in [0.717, 1.165) is 50.7 Å². The van der Waals surface area contributed by atoms with Crippen LogP contribution in [0.25, 0.3) is 0 Å². The van der Waals surface area contributed by atoms with Gasteiger partial charge in [0.1, 0.15) is 5.75 Å². The number of methoxy groups -OCH3 is 1. The summed E-state index contributed by atoms with van der Waals surface area (Å²) in [6.07, 6.45) is 6.63. The number of ether oxygens (including phenoxy) is 3. The van der Waals surface area contributed by atoms with Gasteiger partial charge in [-0.3, -0.25) is 0 Å². The molecule has 6 atom stereocenters. The Morgan fingerprint density at radius 2 is 1.80 bits per heavy atom. The smallest absolute Gasteiger partial charge is 0.171 e. The van der Waals surface area contributed by atoms with Crippen LogP contribution in [0.4, 0.5) is 0 Å². The zero-order valence-corrected chi connectivity index (χ0v) is 21.4. The summed E-state index contributed by atoms with van der Waals surface area (Å²) in [6.45, 7) is 4.18. The number of rotatable bonds is 4. The third kappa shape index (κ3) is 3.47. The standard InChI is InChI=1S/C29H41NO5/c1-26-16-22(19-4-6-20(33-3)7-5-19)25-21(23(26)9-12-28(26,32)18-30-2)8-11-27(31)17-29(13-10-24(25)27)34-14-15-35-29/h4-7,21-23,30-32H,8-18H2,1-3H3/t21-,22+,23-,26-,27+,28+/m0/s1. The summed E-state index contributed by atoms with van der Waals surface area (Å²) in [6, 6.07) is 8.46. The highest BCUT2D eigenvalue weighted by atomic mass is 16.7. The molecule has 1 aromatic rings. The van der Waals surface area contributed by atoms with E-state index >= 15 is 0 Å². The number of benzene rings is 1. The predicted octanol–water partition coefficient (Wildman–Crippen LogP) is 3.91. The lowest BCUT2D eigenvalue weighted by Crippen LogP contribution is -2.57. The lowest BCUT2D eigenvalue weighted by molar-refractivity contribution is -0.208. The summed E-state index contributed by atoms with van der Waals surface area (Å²) in [5.41, 5.74) is 2.18. The maximum absolute atomic E-state index is 12.1. The Morgan fingerprint density at radius 3 is 2.49 bits per heavy atom. The fourth-order valence-electron chi connectivity index (χ4n) is 8.83. The first kappa shape index (κ1) is 23.9. The van der Waals surface area contributed by atoms with Gasteiger partial charge >= 0.3 is 0 Å². The maximum atomic E-state index is 12.1. The first-order valence-electron chi connectivity index (χ1n) is 13.5. The van der Waals surface area contributed by atoms with Gasteiger partial charge in [-0.25, -0.2) is 0 Å². The van der Waals surface area contributed by atoms with Crippen molar-refractivity contribution < 1.29 is 24.4 Å². The molecule has 1 heterocycles.